The molecule has 1 aliphatic heterocycles. The van der Waals surface area contributed by atoms with Gasteiger partial charge in [-0.05, 0) is 49.6 Å². The van der Waals surface area contributed by atoms with Crippen LogP contribution < -0.4 is 20.9 Å². The molecule has 1 aliphatic rings. The summed E-state index contributed by atoms with van der Waals surface area (Å²) < 4.78 is 0. The lowest BCUT2D eigenvalue weighted by Crippen LogP contribution is -2.44. The van der Waals surface area contributed by atoms with Crippen LogP contribution in [0.5, 0.6) is 0 Å². The molecule has 32 heavy (non-hydrogen) atoms. The van der Waals surface area contributed by atoms with Gasteiger partial charge in [0.25, 0.3) is 0 Å². The maximum Gasteiger partial charge on any atom is 0.227 e. The van der Waals surface area contributed by atoms with Gasteiger partial charge in [-0.25, -0.2) is 4.99 Å². The van der Waals surface area contributed by atoms with Crippen LogP contribution in [0.4, 0.5) is 11.4 Å². The quantitative estimate of drug-likeness (QED) is 0.255. The van der Waals surface area contributed by atoms with E-state index in [1.807, 2.05) is 38.1 Å². The Bertz CT molecular complexity index is 874. The molecule has 7 heteroatoms. The molecule has 174 valence electrons. The molecule has 0 aromatic heterocycles. The predicted molar refractivity (Wildman–Crippen MR) is 145 cm³/mol. The topological polar surface area (TPSA) is 68.8 Å². The lowest BCUT2D eigenvalue weighted by molar-refractivity contribution is -0.119. The van der Waals surface area contributed by atoms with Crippen LogP contribution in [0.3, 0.4) is 0 Å². The summed E-state index contributed by atoms with van der Waals surface area (Å²) in [5.74, 6) is 0.895. The number of nitrogens with one attached hydrogen (secondary N) is 3. The Morgan fingerprint density at radius 3 is 2.66 bits per heavy atom. The van der Waals surface area contributed by atoms with Crippen LogP contribution in [0.1, 0.15) is 39.2 Å². The van der Waals surface area contributed by atoms with Crippen molar-refractivity contribution in [3.05, 3.63) is 60.2 Å². The van der Waals surface area contributed by atoms with E-state index in [0.717, 1.165) is 49.7 Å². The highest BCUT2D eigenvalue weighted by atomic mass is 127. The predicted octanol–water partition coefficient (Wildman–Crippen LogP) is 4.62. The number of carbonyl (C=O) groups is 1. The van der Waals surface area contributed by atoms with Crippen molar-refractivity contribution >= 4 is 47.2 Å². The number of halogens is 1. The van der Waals surface area contributed by atoms with E-state index in [4.69, 9.17) is 4.99 Å². The van der Waals surface area contributed by atoms with Gasteiger partial charge in [-0.1, -0.05) is 44.2 Å². The summed E-state index contributed by atoms with van der Waals surface area (Å²) in [5, 5.41) is 9.94. The van der Waals surface area contributed by atoms with E-state index in [1.54, 1.807) is 0 Å². The highest BCUT2D eigenvalue weighted by Gasteiger charge is 2.23. The number of anilines is 2. The Labute approximate surface area is 209 Å². The van der Waals surface area contributed by atoms with Gasteiger partial charge < -0.3 is 20.9 Å². The summed E-state index contributed by atoms with van der Waals surface area (Å²) in [7, 11) is 0. The lowest BCUT2D eigenvalue weighted by Gasteiger charge is -2.20. The van der Waals surface area contributed by atoms with Gasteiger partial charge in [-0.2, -0.15) is 0 Å². The Balaban J connectivity index is 0.00000363. The fraction of sp³-hybridized carbons (Fsp3) is 0.440. The second-order valence-corrected chi connectivity index (χ2v) is 8.11. The van der Waals surface area contributed by atoms with Gasteiger partial charge in [-0.3, -0.25) is 4.79 Å². The average molecular weight is 550 g/mol. The van der Waals surface area contributed by atoms with Crippen LogP contribution in [-0.2, 0) is 11.3 Å². The zero-order valence-electron chi connectivity index (χ0n) is 19.3. The molecule has 3 N–H and O–H groups in total. The van der Waals surface area contributed by atoms with E-state index < -0.39 is 0 Å². The van der Waals surface area contributed by atoms with Gasteiger partial charge >= 0.3 is 0 Å². The molecule has 6 nitrogen and oxygen atoms in total. The Kier molecular flexibility index (Phi) is 10.8. The van der Waals surface area contributed by atoms with Crippen LogP contribution in [0.15, 0.2) is 59.6 Å². The summed E-state index contributed by atoms with van der Waals surface area (Å²) in [6, 6.07) is 18.8. The third-order valence-electron chi connectivity index (χ3n) is 5.67. The fourth-order valence-corrected chi connectivity index (χ4v) is 3.63. The van der Waals surface area contributed by atoms with Gasteiger partial charge in [0, 0.05) is 43.0 Å². The van der Waals surface area contributed by atoms with E-state index in [1.165, 1.54) is 5.69 Å². The van der Waals surface area contributed by atoms with Crippen LogP contribution in [0.2, 0.25) is 0 Å². The molecule has 1 amide bonds. The first-order valence-electron chi connectivity index (χ1n) is 11.3. The number of guanidine groups is 1. The summed E-state index contributed by atoms with van der Waals surface area (Å²) in [5.41, 5.74) is 3.16. The van der Waals surface area contributed by atoms with E-state index in [9.17, 15) is 4.79 Å². The summed E-state index contributed by atoms with van der Waals surface area (Å²) in [4.78, 5) is 19.4. The smallest absolute Gasteiger partial charge is 0.227 e. The SMILES string of the molecule is CCNC(=NCc1cccc(NC(=O)C(C)CC)c1)NC1CCN(c2ccccc2)C1.I. The molecule has 0 spiro atoms. The minimum atomic E-state index is 0. The summed E-state index contributed by atoms with van der Waals surface area (Å²) in [6.07, 6.45) is 1.91. The van der Waals surface area contributed by atoms with Crippen molar-refractivity contribution in [3.63, 3.8) is 0 Å². The second-order valence-electron chi connectivity index (χ2n) is 8.11. The Morgan fingerprint density at radius 1 is 1.16 bits per heavy atom. The van der Waals surface area contributed by atoms with E-state index in [-0.39, 0.29) is 35.8 Å². The van der Waals surface area contributed by atoms with Crippen molar-refractivity contribution in [1.82, 2.24) is 10.6 Å². The molecule has 0 aliphatic carbocycles. The van der Waals surface area contributed by atoms with Gasteiger partial charge in [0.1, 0.15) is 0 Å². The monoisotopic (exact) mass is 549 g/mol. The standard InChI is InChI=1S/C25H35N5O.HI/c1-4-19(3)24(31)28-21-11-9-10-20(16-21)17-27-25(26-5-2)29-22-14-15-30(18-22)23-12-7-6-8-13-23;/h6-13,16,19,22H,4-5,14-15,17-18H2,1-3H3,(H,28,31)(H2,26,27,29);1H. The number of carbonyl (C=O) groups excluding carboxylic acids is 1. The molecule has 3 rings (SSSR count). The normalized spacial score (nSPS) is 16.8. The number of hydrogen-bond acceptors (Lipinski definition) is 3. The van der Waals surface area contributed by atoms with Crippen LogP contribution in [-0.4, -0.2) is 37.5 Å². The van der Waals surface area contributed by atoms with Crippen molar-refractivity contribution in [2.75, 3.05) is 29.9 Å². The van der Waals surface area contributed by atoms with Gasteiger partial charge in [-0.15, -0.1) is 24.0 Å². The number of aliphatic imine (C=N–C) groups is 1. The molecular weight excluding hydrogens is 513 g/mol. The van der Waals surface area contributed by atoms with E-state index >= 15 is 0 Å². The zero-order chi connectivity index (χ0) is 22.1. The van der Waals surface area contributed by atoms with Crippen molar-refractivity contribution < 1.29 is 4.79 Å². The van der Waals surface area contributed by atoms with Gasteiger partial charge in [0.05, 0.1) is 6.54 Å². The number of nitrogens with zero attached hydrogens (tertiary/aromatic N) is 2. The maximum atomic E-state index is 12.2. The minimum absolute atomic E-state index is 0. The first-order chi connectivity index (χ1) is 15.1. The molecule has 1 fully saturated rings. The van der Waals surface area contributed by atoms with E-state index in [0.29, 0.717) is 12.6 Å². The number of benzene rings is 2. The summed E-state index contributed by atoms with van der Waals surface area (Å²) >= 11 is 0. The molecule has 0 radical (unpaired) electrons. The number of rotatable bonds is 8. The Hall–Kier alpha value is -2.29. The number of amides is 1. The molecule has 1 saturated heterocycles. The molecule has 2 unspecified atom stereocenters. The minimum Gasteiger partial charge on any atom is -0.369 e. The van der Waals surface area contributed by atoms with Crippen LogP contribution >= 0.6 is 24.0 Å². The van der Waals surface area contributed by atoms with Crippen molar-refractivity contribution in [3.8, 4) is 0 Å². The zero-order valence-corrected chi connectivity index (χ0v) is 21.6. The lowest BCUT2D eigenvalue weighted by atomic mass is 10.1. The molecule has 2 aromatic carbocycles. The molecular formula is C25H36IN5O. The van der Waals surface area contributed by atoms with Gasteiger partial charge in [0.2, 0.25) is 5.91 Å². The van der Waals surface area contributed by atoms with Crippen molar-refractivity contribution in [1.29, 1.82) is 0 Å². The van der Waals surface area contributed by atoms with Crippen LogP contribution in [0.25, 0.3) is 0 Å². The maximum absolute atomic E-state index is 12.2. The largest absolute Gasteiger partial charge is 0.369 e. The second kappa shape index (κ2) is 13.3. The first-order valence-corrected chi connectivity index (χ1v) is 11.3. The third kappa shape index (κ3) is 7.69. The fourth-order valence-electron chi connectivity index (χ4n) is 3.63. The highest BCUT2D eigenvalue weighted by Crippen LogP contribution is 2.19. The van der Waals surface area contributed by atoms with Gasteiger partial charge in [0.15, 0.2) is 5.96 Å². The number of hydrogen-bond donors (Lipinski definition) is 3. The van der Waals surface area contributed by atoms with E-state index in [2.05, 4.69) is 58.1 Å². The average Bonchev–Trinajstić information content (AvgIpc) is 3.26. The molecule has 0 saturated carbocycles. The Morgan fingerprint density at radius 2 is 1.94 bits per heavy atom. The van der Waals surface area contributed by atoms with Crippen molar-refractivity contribution in [2.24, 2.45) is 10.9 Å². The number of para-hydroxylation sites is 1. The van der Waals surface area contributed by atoms with Crippen molar-refractivity contribution in [2.45, 2.75) is 46.2 Å². The first kappa shape index (κ1) is 26.0. The molecule has 2 atom stereocenters. The third-order valence-corrected chi connectivity index (χ3v) is 5.67. The molecule has 2 aromatic rings. The molecule has 1 heterocycles. The van der Waals surface area contributed by atoms with Crippen LogP contribution in [0, 0.1) is 5.92 Å². The molecule has 0 bridgehead atoms. The highest BCUT2D eigenvalue weighted by molar-refractivity contribution is 14.0. The summed E-state index contributed by atoms with van der Waals surface area (Å²) in [6.45, 7) is 9.41.